The van der Waals surface area contributed by atoms with Gasteiger partial charge in [0.05, 0.1) is 44.2 Å². The standard InChI is InChI=1S/C19H22ClNO6/c1-23-10-11-27-17-13(20)6-5-7-14(17)21-19(22)12-8-9-15(24-2)18(26-4)16(12)25-3/h5-9H,10-11H2,1-4H3,(H,21,22). The first-order valence-electron chi connectivity index (χ1n) is 8.07. The van der Waals surface area contributed by atoms with Gasteiger partial charge in [0, 0.05) is 7.11 Å². The Morgan fingerprint density at radius 2 is 1.67 bits per heavy atom. The summed E-state index contributed by atoms with van der Waals surface area (Å²) in [5.41, 5.74) is 0.707. The summed E-state index contributed by atoms with van der Waals surface area (Å²) in [7, 11) is 6.00. The zero-order chi connectivity index (χ0) is 19.8. The van der Waals surface area contributed by atoms with Gasteiger partial charge in [0.1, 0.15) is 6.61 Å². The molecule has 0 radical (unpaired) electrons. The van der Waals surface area contributed by atoms with E-state index in [4.69, 9.17) is 35.3 Å². The van der Waals surface area contributed by atoms with Gasteiger partial charge in [-0.1, -0.05) is 17.7 Å². The maximum absolute atomic E-state index is 12.8. The lowest BCUT2D eigenvalue weighted by Gasteiger charge is -2.17. The fourth-order valence-electron chi connectivity index (χ4n) is 2.45. The summed E-state index contributed by atoms with van der Waals surface area (Å²) in [6.07, 6.45) is 0. The smallest absolute Gasteiger partial charge is 0.259 e. The van der Waals surface area contributed by atoms with Crippen LogP contribution in [-0.2, 0) is 4.74 Å². The van der Waals surface area contributed by atoms with Gasteiger partial charge in [-0.3, -0.25) is 4.79 Å². The third-order valence-corrected chi connectivity index (χ3v) is 4.00. The molecule has 1 amide bonds. The molecule has 0 saturated carbocycles. The average molecular weight is 396 g/mol. The minimum Gasteiger partial charge on any atom is -0.493 e. The molecule has 0 aliphatic rings. The predicted octanol–water partition coefficient (Wildman–Crippen LogP) is 3.64. The van der Waals surface area contributed by atoms with Crippen LogP contribution in [0, 0.1) is 0 Å². The number of nitrogens with one attached hydrogen (secondary N) is 1. The van der Waals surface area contributed by atoms with Crippen molar-refractivity contribution in [3.8, 4) is 23.0 Å². The van der Waals surface area contributed by atoms with Gasteiger partial charge in [-0.25, -0.2) is 0 Å². The lowest BCUT2D eigenvalue weighted by Crippen LogP contribution is -2.15. The van der Waals surface area contributed by atoms with Crippen LogP contribution < -0.4 is 24.3 Å². The van der Waals surface area contributed by atoms with Crippen LogP contribution in [-0.4, -0.2) is 47.6 Å². The Hall–Kier alpha value is -2.64. The number of rotatable bonds is 9. The lowest BCUT2D eigenvalue weighted by atomic mass is 10.1. The predicted molar refractivity (Wildman–Crippen MR) is 103 cm³/mol. The Labute approximate surface area is 163 Å². The molecule has 0 atom stereocenters. The Balaban J connectivity index is 2.34. The Morgan fingerprint density at radius 1 is 0.926 bits per heavy atom. The molecular weight excluding hydrogens is 374 g/mol. The van der Waals surface area contributed by atoms with E-state index < -0.39 is 5.91 Å². The summed E-state index contributed by atoms with van der Waals surface area (Å²) in [5, 5.41) is 3.17. The first-order chi connectivity index (χ1) is 13.1. The fourth-order valence-corrected chi connectivity index (χ4v) is 2.68. The van der Waals surface area contributed by atoms with Gasteiger partial charge in [0.15, 0.2) is 17.2 Å². The monoisotopic (exact) mass is 395 g/mol. The highest BCUT2D eigenvalue weighted by Gasteiger charge is 2.22. The van der Waals surface area contributed by atoms with Crippen molar-refractivity contribution in [1.29, 1.82) is 0 Å². The van der Waals surface area contributed by atoms with Crippen molar-refractivity contribution in [2.45, 2.75) is 0 Å². The highest BCUT2D eigenvalue weighted by Crippen LogP contribution is 2.40. The molecule has 0 unspecified atom stereocenters. The Morgan fingerprint density at radius 3 is 2.30 bits per heavy atom. The number of hydrogen-bond acceptors (Lipinski definition) is 6. The Bertz CT molecular complexity index is 796. The van der Waals surface area contributed by atoms with Gasteiger partial charge < -0.3 is 29.0 Å². The maximum Gasteiger partial charge on any atom is 0.259 e. The van der Waals surface area contributed by atoms with Crippen molar-refractivity contribution in [2.24, 2.45) is 0 Å². The number of carbonyl (C=O) groups is 1. The van der Waals surface area contributed by atoms with Gasteiger partial charge in [0.2, 0.25) is 5.75 Å². The molecule has 0 heterocycles. The number of halogens is 1. The van der Waals surface area contributed by atoms with E-state index in [1.807, 2.05) is 0 Å². The highest BCUT2D eigenvalue weighted by atomic mass is 35.5. The number of carbonyl (C=O) groups excluding carboxylic acids is 1. The Kier molecular flexibility index (Phi) is 7.57. The van der Waals surface area contributed by atoms with Gasteiger partial charge >= 0.3 is 0 Å². The number of methoxy groups -OCH3 is 4. The second kappa shape index (κ2) is 9.89. The van der Waals surface area contributed by atoms with Crippen LogP contribution >= 0.6 is 11.6 Å². The second-order valence-electron chi connectivity index (χ2n) is 5.29. The number of ether oxygens (including phenoxy) is 5. The van der Waals surface area contributed by atoms with E-state index in [1.54, 1.807) is 37.4 Å². The number of anilines is 1. The van der Waals surface area contributed by atoms with E-state index in [0.717, 1.165) is 0 Å². The SMILES string of the molecule is COCCOc1c(Cl)cccc1NC(=O)c1ccc(OC)c(OC)c1OC. The lowest BCUT2D eigenvalue weighted by molar-refractivity contribution is 0.102. The molecule has 0 aliphatic carbocycles. The number of benzene rings is 2. The molecule has 1 N–H and O–H groups in total. The second-order valence-corrected chi connectivity index (χ2v) is 5.70. The van der Waals surface area contributed by atoms with E-state index in [0.29, 0.717) is 41.2 Å². The highest BCUT2D eigenvalue weighted by molar-refractivity contribution is 6.32. The van der Waals surface area contributed by atoms with Crippen LogP contribution in [0.25, 0.3) is 0 Å². The summed E-state index contributed by atoms with van der Waals surface area (Å²) >= 11 is 6.21. The number of para-hydroxylation sites is 1. The van der Waals surface area contributed by atoms with Crippen molar-refractivity contribution >= 4 is 23.2 Å². The molecule has 2 rings (SSSR count). The van der Waals surface area contributed by atoms with E-state index in [1.165, 1.54) is 21.3 Å². The minimum atomic E-state index is -0.410. The normalized spacial score (nSPS) is 10.3. The topological polar surface area (TPSA) is 75.3 Å². The first-order valence-corrected chi connectivity index (χ1v) is 8.45. The van der Waals surface area contributed by atoms with Crippen LogP contribution in [0.3, 0.4) is 0 Å². The molecule has 2 aromatic rings. The van der Waals surface area contributed by atoms with Crippen LogP contribution in [0.15, 0.2) is 30.3 Å². The number of amides is 1. The van der Waals surface area contributed by atoms with Gasteiger partial charge in [-0.15, -0.1) is 0 Å². The van der Waals surface area contributed by atoms with Crippen molar-refractivity contribution in [1.82, 2.24) is 0 Å². The van der Waals surface area contributed by atoms with Crippen LogP contribution in [0.1, 0.15) is 10.4 Å². The minimum absolute atomic E-state index is 0.262. The largest absolute Gasteiger partial charge is 0.493 e. The summed E-state index contributed by atoms with van der Waals surface area (Å²) in [6, 6.07) is 8.30. The van der Waals surface area contributed by atoms with Crippen molar-refractivity contribution < 1.29 is 28.5 Å². The molecule has 0 saturated heterocycles. The van der Waals surface area contributed by atoms with E-state index >= 15 is 0 Å². The van der Waals surface area contributed by atoms with E-state index in [-0.39, 0.29) is 11.3 Å². The van der Waals surface area contributed by atoms with Crippen LogP contribution in [0.4, 0.5) is 5.69 Å². The molecule has 0 aliphatic heterocycles. The van der Waals surface area contributed by atoms with Crippen molar-refractivity contribution in [2.75, 3.05) is 47.0 Å². The van der Waals surface area contributed by atoms with Crippen molar-refractivity contribution in [3.05, 3.63) is 40.9 Å². The van der Waals surface area contributed by atoms with Crippen LogP contribution in [0.2, 0.25) is 5.02 Å². The molecule has 0 bridgehead atoms. The molecular formula is C19H22ClNO6. The molecule has 7 nitrogen and oxygen atoms in total. The third-order valence-electron chi connectivity index (χ3n) is 3.70. The maximum atomic E-state index is 12.8. The van der Waals surface area contributed by atoms with Crippen molar-refractivity contribution in [3.63, 3.8) is 0 Å². The number of hydrogen-bond donors (Lipinski definition) is 1. The molecule has 146 valence electrons. The summed E-state index contributed by atoms with van der Waals surface area (Å²) in [6.45, 7) is 0.685. The molecule has 27 heavy (non-hydrogen) atoms. The third kappa shape index (κ3) is 4.75. The van der Waals surface area contributed by atoms with E-state index in [9.17, 15) is 4.79 Å². The average Bonchev–Trinajstić information content (AvgIpc) is 2.68. The zero-order valence-electron chi connectivity index (χ0n) is 15.6. The summed E-state index contributed by atoms with van der Waals surface area (Å²) in [5.74, 6) is 1.00. The van der Waals surface area contributed by atoms with Gasteiger partial charge in [-0.2, -0.15) is 0 Å². The zero-order valence-corrected chi connectivity index (χ0v) is 16.4. The molecule has 0 aromatic heterocycles. The molecule has 2 aromatic carbocycles. The summed E-state index contributed by atoms with van der Waals surface area (Å²) in [4.78, 5) is 12.8. The molecule has 0 spiro atoms. The van der Waals surface area contributed by atoms with E-state index in [2.05, 4.69) is 5.32 Å². The first kappa shape index (κ1) is 20.7. The van der Waals surface area contributed by atoms with Gasteiger partial charge in [0.25, 0.3) is 5.91 Å². The summed E-state index contributed by atoms with van der Waals surface area (Å²) < 4.78 is 26.5. The fraction of sp³-hybridized carbons (Fsp3) is 0.316. The van der Waals surface area contributed by atoms with Crippen LogP contribution in [0.5, 0.6) is 23.0 Å². The molecule has 0 fully saturated rings. The van der Waals surface area contributed by atoms with Gasteiger partial charge in [-0.05, 0) is 24.3 Å². The molecule has 8 heteroatoms. The quantitative estimate of drug-likeness (QED) is 0.653.